The quantitative estimate of drug-likeness (QED) is 0.701. The molecule has 2 nitrogen and oxygen atoms in total. The minimum absolute atomic E-state index is 0.0235. The average molecular weight is 313 g/mol. The number of halogens is 1. The van der Waals surface area contributed by atoms with Crippen LogP contribution in [0.15, 0.2) is 23.0 Å². The van der Waals surface area contributed by atoms with Crippen molar-refractivity contribution in [2.45, 2.75) is 56.6 Å². The molecule has 0 amide bonds. The van der Waals surface area contributed by atoms with Crippen LogP contribution in [0.1, 0.15) is 51.7 Å². The van der Waals surface area contributed by atoms with Crippen LogP contribution >= 0.6 is 15.9 Å². The first-order chi connectivity index (χ1) is 8.43. The van der Waals surface area contributed by atoms with Crippen molar-refractivity contribution in [3.63, 3.8) is 0 Å². The van der Waals surface area contributed by atoms with Gasteiger partial charge >= 0.3 is 0 Å². The molecule has 0 bridgehead atoms. The Bertz CT molecular complexity index is 426. The van der Waals surface area contributed by atoms with Crippen LogP contribution in [-0.4, -0.2) is 10.4 Å². The Morgan fingerprint density at radius 2 is 2.11 bits per heavy atom. The predicted molar refractivity (Wildman–Crippen MR) is 74.8 cm³/mol. The number of alkyl halides is 1. The molecule has 0 aromatic carbocycles. The van der Waals surface area contributed by atoms with Crippen LogP contribution < -0.4 is 0 Å². The fourth-order valence-corrected chi connectivity index (χ4v) is 4.46. The summed E-state index contributed by atoms with van der Waals surface area (Å²) in [5.41, 5.74) is 1.49. The van der Waals surface area contributed by atoms with E-state index in [9.17, 15) is 0 Å². The van der Waals surface area contributed by atoms with Crippen molar-refractivity contribution in [1.29, 1.82) is 0 Å². The Kier molecular flexibility index (Phi) is 2.91. The second kappa shape index (κ2) is 4.11. The molecule has 1 saturated carbocycles. The maximum absolute atomic E-state index is 6.40. The van der Waals surface area contributed by atoms with Crippen molar-refractivity contribution in [2.24, 2.45) is 11.3 Å². The lowest BCUT2D eigenvalue weighted by Gasteiger charge is -2.48. The maximum Gasteiger partial charge on any atom is 0.0960 e. The molecule has 1 aliphatic carbocycles. The first-order valence-corrected chi connectivity index (χ1v) is 7.69. The van der Waals surface area contributed by atoms with Gasteiger partial charge in [-0.3, -0.25) is 0 Å². The first kappa shape index (κ1) is 12.7. The van der Waals surface area contributed by atoms with Gasteiger partial charge < -0.3 is 9.15 Å². The van der Waals surface area contributed by atoms with Crippen molar-refractivity contribution in [1.82, 2.24) is 0 Å². The molecule has 100 valence electrons. The zero-order chi connectivity index (χ0) is 13.0. The number of hydrogen-bond donors (Lipinski definition) is 0. The summed E-state index contributed by atoms with van der Waals surface area (Å²) in [6, 6.07) is 2.03. The molecule has 1 saturated heterocycles. The smallest absolute Gasteiger partial charge is 0.0960 e. The van der Waals surface area contributed by atoms with E-state index in [2.05, 4.69) is 36.7 Å². The van der Waals surface area contributed by atoms with Gasteiger partial charge in [-0.2, -0.15) is 0 Å². The first-order valence-electron chi connectivity index (χ1n) is 6.77. The highest BCUT2D eigenvalue weighted by atomic mass is 79.9. The number of fused-ring (bicyclic) bond motifs is 1. The molecule has 0 radical (unpaired) electrons. The van der Waals surface area contributed by atoms with E-state index in [1.807, 2.05) is 12.3 Å². The molecule has 4 unspecified atom stereocenters. The van der Waals surface area contributed by atoms with E-state index in [-0.39, 0.29) is 17.1 Å². The second-order valence-electron chi connectivity index (χ2n) is 6.59. The molecule has 2 heterocycles. The zero-order valence-corrected chi connectivity index (χ0v) is 12.9. The molecular weight excluding hydrogens is 292 g/mol. The lowest BCUT2D eigenvalue weighted by Crippen LogP contribution is -2.49. The van der Waals surface area contributed by atoms with E-state index in [0.717, 1.165) is 12.8 Å². The molecule has 1 aromatic rings. The van der Waals surface area contributed by atoms with E-state index in [0.29, 0.717) is 10.7 Å². The van der Waals surface area contributed by atoms with Gasteiger partial charge in [-0.05, 0) is 43.6 Å². The minimum atomic E-state index is 0.0235. The van der Waals surface area contributed by atoms with Crippen LogP contribution in [0, 0.1) is 11.3 Å². The summed E-state index contributed by atoms with van der Waals surface area (Å²) in [6.45, 7) is 7.03. The van der Waals surface area contributed by atoms with Gasteiger partial charge in [0, 0.05) is 10.4 Å². The summed E-state index contributed by atoms with van der Waals surface area (Å²) in [7, 11) is 0. The normalized spacial score (nSPS) is 42.8. The third-order valence-electron chi connectivity index (χ3n) is 5.11. The van der Waals surface area contributed by atoms with Crippen LogP contribution in [0.2, 0.25) is 0 Å². The van der Waals surface area contributed by atoms with Gasteiger partial charge in [0.2, 0.25) is 0 Å². The highest BCUT2D eigenvalue weighted by Gasteiger charge is 2.56. The molecule has 1 aromatic heterocycles. The van der Waals surface area contributed by atoms with E-state index in [1.165, 1.54) is 12.0 Å². The Labute approximate surface area is 117 Å². The number of rotatable bonds is 1. The van der Waals surface area contributed by atoms with Gasteiger partial charge in [0.15, 0.2) is 0 Å². The van der Waals surface area contributed by atoms with Crippen LogP contribution in [0.4, 0.5) is 0 Å². The van der Waals surface area contributed by atoms with Gasteiger partial charge in [0.25, 0.3) is 0 Å². The van der Waals surface area contributed by atoms with Crippen LogP contribution in [-0.2, 0) is 4.74 Å². The molecule has 2 fully saturated rings. The molecule has 0 N–H and O–H groups in total. The van der Waals surface area contributed by atoms with E-state index in [1.54, 1.807) is 6.26 Å². The molecule has 3 heteroatoms. The van der Waals surface area contributed by atoms with Gasteiger partial charge in [0.1, 0.15) is 0 Å². The van der Waals surface area contributed by atoms with Crippen molar-refractivity contribution in [3.05, 3.63) is 24.2 Å². The predicted octanol–water partition coefficient (Wildman–Crippen LogP) is 4.70. The number of hydrogen-bond acceptors (Lipinski definition) is 2. The summed E-state index contributed by atoms with van der Waals surface area (Å²) < 4.78 is 11.6. The van der Waals surface area contributed by atoms with Crippen molar-refractivity contribution in [2.75, 3.05) is 0 Å². The van der Waals surface area contributed by atoms with Crippen LogP contribution in [0.25, 0.3) is 0 Å². The summed E-state index contributed by atoms with van der Waals surface area (Å²) in [5, 5.41) is 0. The Morgan fingerprint density at radius 1 is 1.33 bits per heavy atom. The highest BCUT2D eigenvalue weighted by Crippen LogP contribution is 2.59. The van der Waals surface area contributed by atoms with Crippen molar-refractivity contribution < 1.29 is 9.15 Å². The minimum Gasteiger partial charge on any atom is -0.472 e. The van der Waals surface area contributed by atoms with Gasteiger partial charge in [-0.25, -0.2) is 0 Å². The standard InChI is InChI=1S/C15H21BrO2/c1-14(2)12-8-11(10-5-7-17-9-10)18-15(12,3)6-4-13(14)16/h5,7,9,11-13H,4,6,8H2,1-3H3. The highest BCUT2D eigenvalue weighted by molar-refractivity contribution is 9.09. The maximum atomic E-state index is 6.40. The Hall–Kier alpha value is -0.280. The SMILES string of the molecule is CC12CCC(Br)C(C)(C)C1CC(c1ccoc1)O2. The van der Waals surface area contributed by atoms with E-state index in [4.69, 9.17) is 9.15 Å². The fraction of sp³-hybridized carbons (Fsp3) is 0.733. The van der Waals surface area contributed by atoms with Crippen molar-refractivity contribution in [3.8, 4) is 0 Å². The largest absolute Gasteiger partial charge is 0.472 e. The summed E-state index contributed by atoms with van der Waals surface area (Å²) >= 11 is 3.87. The molecule has 3 rings (SSSR count). The second-order valence-corrected chi connectivity index (χ2v) is 7.70. The van der Waals surface area contributed by atoms with Gasteiger partial charge in [-0.1, -0.05) is 29.8 Å². The molecule has 2 aliphatic rings. The topological polar surface area (TPSA) is 22.4 Å². The van der Waals surface area contributed by atoms with Crippen LogP contribution in [0.3, 0.4) is 0 Å². The number of furan rings is 1. The van der Waals surface area contributed by atoms with Crippen molar-refractivity contribution >= 4 is 15.9 Å². The molecule has 4 atom stereocenters. The molecular formula is C15H21BrO2. The Morgan fingerprint density at radius 3 is 2.78 bits per heavy atom. The Balaban J connectivity index is 1.90. The fourth-order valence-electron chi connectivity index (χ4n) is 3.91. The lowest BCUT2D eigenvalue weighted by atomic mass is 9.61. The lowest BCUT2D eigenvalue weighted by molar-refractivity contribution is -0.0901. The zero-order valence-electron chi connectivity index (χ0n) is 11.3. The average Bonchev–Trinajstić information content (AvgIpc) is 2.91. The monoisotopic (exact) mass is 312 g/mol. The van der Waals surface area contributed by atoms with E-state index >= 15 is 0 Å². The van der Waals surface area contributed by atoms with Gasteiger partial charge in [-0.15, -0.1) is 0 Å². The third-order valence-corrected chi connectivity index (χ3v) is 6.75. The summed E-state index contributed by atoms with van der Waals surface area (Å²) in [4.78, 5) is 0.592. The molecule has 18 heavy (non-hydrogen) atoms. The van der Waals surface area contributed by atoms with Crippen LogP contribution in [0.5, 0.6) is 0 Å². The molecule has 1 aliphatic heterocycles. The summed E-state index contributed by atoms with van der Waals surface area (Å²) in [6.07, 6.45) is 7.20. The van der Waals surface area contributed by atoms with Gasteiger partial charge in [0.05, 0.1) is 24.2 Å². The van der Waals surface area contributed by atoms with E-state index < -0.39 is 0 Å². The third kappa shape index (κ3) is 1.78. The summed E-state index contributed by atoms with van der Waals surface area (Å²) in [5.74, 6) is 0.600. The number of ether oxygens (including phenoxy) is 1. The molecule has 0 spiro atoms.